The predicted octanol–water partition coefficient (Wildman–Crippen LogP) is 4.56. The number of pyridine rings is 1. The highest BCUT2D eigenvalue weighted by molar-refractivity contribution is 7.20. The first-order valence-corrected chi connectivity index (χ1v) is 12.6. The van der Waals surface area contributed by atoms with E-state index in [0.717, 1.165) is 29.5 Å². The van der Waals surface area contributed by atoms with Gasteiger partial charge in [0.15, 0.2) is 0 Å². The molecule has 13 heteroatoms. The lowest BCUT2D eigenvalue weighted by Gasteiger charge is -2.31. The van der Waals surface area contributed by atoms with Crippen LogP contribution in [0.1, 0.15) is 27.9 Å². The van der Waals surface area contributed by atoms with Gasteiger partial charge in [-0.05, 0) is 66.9 Å². The number of carbonyl (C=O) groups is 2. The fourth-order valence-electron chi connectivity index (χ4n) is 4.36. The lowest BCUT2D eigenvalue weighted by Crippen LogP contribution is -2.51. The van der Waals surface area contributed by atoms with Crippen molar-refractivity contribution in [2.75, 3.05) is 13.2 Å². The zero-order valence-electron chi connectivity index (χ0n) is 20.6. The number of alkyl halides is 3. The summed E-state index contributed by atoms with van der Waals surface area (Å²) in [6, 6.07) is 10.6. The van der Waals surface area contributed by atoms with Gasteiger partial charge in [0.25, 0.3) is 5.91 Å². The Morgan fingerprint density at radius 1 is 1.10 bits per heavy atom. The van der Waals surface area contributed by atoms with Gasteiger partial charge in [-0.25, -0.2) is 13.8 Å². The summed E-state index contributed by atoms with van der Waals surface area (Å²) in [7, 11) is 0. The zero-order valence-corrected chi connectivity index (χ0v) is 21.4. The molecule has 0 fully saturated rings. The van der Waals surface area contributed by atoms with Crippen LogP contribution in [0.2, 0.25) is 0 Å². The van der Waals surface area contributed by atoms with Crippen LogP contribution in [0.25, 0.3) is 21.3 Å². The van der Waals surface area contributed by atoms with Crippen molar-refractivity contribution in [3.05, 3.63) is 82.4 Å². The van der Waals surface area contributed by atoms with Gasteiger partial charge in [0, 0.05) is 15.8 Å². The number of benzene rings is 2. The molecule has 0 radical (unpaired) electrons. The fraction of sp³-hybridized carbons (Fsp3) is 0.222. The highest BCUT2D eigenvalue weighted by atomic mass is 32.1. The molecule has 40 heavy (non-hydrogen) atoms. The van der Waals surface area contributed by atoms with Gasteiger partial charge in [0.2, 0.25) is 11.5 Å². The first-order chi connectivity index (χ1) is 18.7. The lowest BCUT2D eigenvalue weighted by atomic mass is 9.81. The van der Waals surface area contributed by atoms with E-state index in [2.05, 4.69) is 10.3 Å². The molecule has 5 rings (SSSR count). The molecule has 1 unspecified atom stereocenters. The molecule has 0 bridgehead atoms. The quantitative estimate of drug-likeness (QED) is 0.291. The number of primary amides is 1. The number of rotatable bonds is 6. The number of thiophene rings is 1. The Balaban J connectivity index is 1.58. The van der Waals surface area contributed by atoms with Crippen molar-refractivity contribution < 1.29 is 41.4 Å². The van der Waals surface area contributed by atoms with Crippen molar-refractivity contribution in [1.82, 2.24) is 10.3 Å². The van der Waals surface area contributed by atoms with E-state index in [9.17, 15) is 36.6 Å². The third-order valence-corrected chi connectivity index (χ3v) is 7.95. The van der Waals surface area contributed by atoms with E-state index in [4.69, 9.17) is 10.5 Å². The van der Waals surface area contributed by atoms with Crippen molar-refractivity contribution in [3.8, 4) is 17.0 Å². The van der Waals surface area contributed by atoms with Gasteiger partial charge < -0.3 is 20.9 Å². The molecule has 4 aromatic rings. The van der Waals surface area contributed by atoms with Crippen LogP contribution in [0.15, 0.2) is 54.6 Å². The van der Waals surface area contributed by atoms with Crippen LogP contribution in [-0.2, 0) is 15.8 Å². The summed E-state index contributed by atoms with van der Waals surface area (Å²) in [6.45, 7) is -0.274. The highest BCUT2D eigenvalue weighted by Gasteiger charge is 2.57. The summed E-state index contributed by atoms with van der Waals surface area (Å²) in [4.78, 5) is 29.1. The Kier molecular flexibility index (Phi) is 6.54. The molecular weight excluding hydrogens is 557 g/mol. The molecule has 0 spiro atoms. The third kappa shape index (κ3) is 4.54. The van der Waals surface area contributed by atoms with Crippen molar-refractivity contribution in [3.63, 3.8) is 0 Å². The Bertz CT molecular complexity index is 1660. The number of nitrogens with one attached hydrogen (secondary N) is 1. The van der Waals surface area contributed by atoms with Gasteiger partial charge in [-0.2, -0.15) is 13.2 Å². The van der Waals surface area contributed by atoms with Crippen molar-refractivity contribution in [1.29, 1.82) is 0 Å². The molecule has 3 heterocycles. The standard InChI is InChI=1S/C27H20F5N3O4S/c1-25(24(33)37)12-39-22-17(25)10-20(35-21(22)13-2-4-15(28)5-3-13)26(38,27(30,31)32)11-34-23(36)19-9-14-8-16(29)6-7-18(14)40-19/h2-10,38H,11-12H2,1H3,(H2,33,37)(H,34,36)/t25-,26?/m0/s1. The predicted molar refractivity (Wildman–Crippen MR) is 136 cm³/mol. The molecule has 2 aromatic heterocycles. The van der Waals surface area contributed by atoms with Crippen molar-refractivity contribution >= 4 is 33.2 Å². The lowest BCUT2D eigenvalue weighted by molar-refractivity contribution is -0.265. The smallest absolute Gasteiger partial charge is 0.424 e. The largest absolute Gasteiger partial charge is 0.489 e. The second kappa shape index (κ2) is 9.52. The topological polar surface area (TPSA) is 115 Å². The minimum atomic E-state index is -5.35. The third-order valence-electron chi connectivity index (χ3n) is 6.83. The Hall–Kier alpha value is -4.10. The summed E-state index contributed by atoms with van der Waals surface area (Å²) in [5.41, 5.74) is -0.757. The molecule has 208 valence electrons. The number of ether oxygens (including phenoxy) is 1. The Labute approximate surface area is 227 Å². The Morgan fingerprint density at radius 3 is 2.42 bits per heavy atom. The van der Waals surface area contributed by atoms with Crippen LogP contribution in [0, 0.1) is 11.6 Å². The summed E-state index contributed by atoms with van der Waals surface area (Å²) >= 11 is 0.932. The van der Waals surface area contributed by atoms with Gasteiger partial charge in [0.1, 0.15) is 35.1 Å². The maximum atomic E-state index is 14.5. The van der Waals surface area contributed by atoms with Gasteiger partial charge in [-0.1, -0.05) is 0 Å². The first-order valence-electron chi connectivity index (χ1n) is 11.7. The van der Waals surface area contributed by atoms with E-state index >= 15 is 0 Å². The van der Waals surface area contributed by atoms with Crippen LogP contribution in [0.3, 0.4) is 0 Å². The van der Waals surface area contributed by atoms with Gasteiger partial charge >= 0.3 is 6.18 Å². The normalized spacial score (nSPS) is 18.2. The van der Waals surface area contributed by atoms with E-state index < -0.39 is 52.9 Å². The van der Waals surface area contributed by atoms with E-state index in [1.54, 1.807) is 0 Å². The van der Waals surface area contributed by atoms with Gasteiger partial charge in [-0.15, -0.1) is 11.3 Å². The molecule has 1 aliphatic rings. The number of hydrogen-bond acceptors (Lipinski definition) is 6. The van der Waals surface area contributed by atoms with Crippen LogP contribution in [-0.4, -0.2) is 41.2 Å². The molecule has 0 saturated carbocycles. The van der Waals surface area contributed by atoms with E-state index in [1.165, 1.54) is 43.3 Å². The molecule has 0 saturated heterocycles. The average molecular weight is 578 g/mol. The van der Waals surface area contributed by atoms with Gasteiger partial charge in [0.05, 0.1) is 17.1 Å². The number of carbonyl (C=O) groups excluding carboxylic acids is 2. The number of halogens is 5. The molecule has 2 atom stereocenters. The first kappa shape index (κ1) is 27.5. The minimum Gasteiger partial charge on any atom is -0.489 e. The highest BCUT2D eigenvalue weighted by Crippen LogP contribution is 2.47. The van der Waals surface area contributed by atoms with Crippen LogP contribution in [0.5, 0.6) is 5.75 Å². The molecule has 2 aromatic carbocycles. The number of aliphatic hydroxyl groups is 1. The number of fused-ring (bicyclic) bond motifs is 2. The van der Waals surface area contributed by atoms with Crippen LogP contribution in [0.4, 0.5) is 22.0 Å². The second-order valence-electron chi connectivity index (χ2n) is 9.56. The SMILES string of the molecule is C[C@]1(C(N)=O)COc2c1cc(C(O)(CNC(=O)c1cc3cc(F)ccc3s1)C(F)(F)F)nc2-c1ccc(F)cc1. The summed E-state index contributed by atoms with van der Waals surface area (Å²) in [5, 5.41) is 13.6. The average Bonchev–Trinajstić information content (AvgIpc) is 3.48. The van der Waals surface area contributed by atoms with E-state index in [1.807, 2.05) is 0 Å². The maximum absolute atomic E-state index is 14.5. The molecule has 1 aliphatic heterocycles. The number of amides is 2. The number of nitrogens with two attached hydrogens (primary N) is 1. The van der Waals surface area contributed by atoms with Crippen LogP contribution < -0.4 is 15.8 Å². The molecule has 4 N–H and O–H groups in total. The van der Waals surface area contributed by atoms with Crippen molar-refractivity contribution in [2.24, 2.45) is 5.73 Å². The molecule has 0 aliphatic carbocycles. The maximum Gasteiger partial charge on any atom is 0.424 e. The second-order valence-corrected chi connectivity index (χ2v) is 10.6. The van der Waals surface area contributed by atoms with Gasteiger partial charge in [-0.3, -0.25) is 9.59 Å². The number of hydrogen-bond donors (Lipinski definition) is 3. The number of aromatic nitrogens is 1. The molecular formula is C27H20F5N3O4S. The Morgan fingerprint density at radius 2 is 1.77 bits per heavy atom. The fourth-order valence-corrected chi connectivity index (χ4v) is 5.32. The number of nitrogens with zero attached hydrogens (tertiary/aromatic N) is 1. The summed E-state index contributed by atoms with van der Waals surface area (Å²) in [6.07, 6.45) is -5.35. The van der Waals surface area contributed by atoms with Crippen LogP contribution >= 0.6 is 11.3 Å². The molecule has 2 amide bonds. The summed E-state index contributed by atoms with van der Waals surface area (Å²) in [5.74, 6) is -3.02. The summed E-state index contributed by atoms with van der Waals surface area (Å²) < 4.78 is 76.7. The minimum absolute atomic E-state index is 0.00579. The van der Waals surface area contributed by atoms with E-state index in [-0.39, 0.29) is 34.1 Å². The molecule has 7 nitrogen and oxygen atoms in total. The monoisotopic (exact) mass is 577 g/mol. The van der Waals surface area contributed by atoms with Crippen molar-refractivity contribution in [2.45, 2.75) is 24.1 Å². The van der Waals surface area contributed by atoms with E-state index in [0.29, 0.717) is 10.1 Å². The zero-order chi connectivity index (χ0) is 29.0.